The third-order valence-corrected chi connectivity index (χ3v) is 3.23. The van der Waals surface area contributed by atoms with E-state index in [2.05, 4.69) is 34.6 Å². The number of para-hydroxylation sites is 3. The van der Waals surface area contributed by atoms with Gasteiger partial charge in [-0.25, -0.2) is 4.57 Å². The van der Waals surface area contributed by atoms with Gasteiger partial charge in [-0.3, -0.25) is 0 Å². The van der Waals surface area contributed by atoms with Crippen LogP contribution in [0.1, 0.15) is 0 Å². The molecule has 0 amide bonds. The molecule has 4 rings (SSSR count). The number of aryl methyl sites for hydroxylation is 1. The first-order chi connectivity index (χ1) is 8.34. The second-order valence-electron chi connectivity index (χ2n) is 4.29. The highest BCUT2D eigenvalue weighted by Gasteiger charge is 2.26. The molecule has 3 nitrogen and oxygen atoms in total. The van der Waals surface area contributed by atoms with E-state index in [9.17, 15) is 0 Å². The summed E-state index contributed by atoms with van der Waals surface area (Å²) in [7, 11) is 2.05. The third kappa shape index (κ3) is 1.38. The van der Waals surface area contributed by atoms with Crippen molar-refractivity contribution in [3.8, 4) is 17.2 Å². The number of nitrogens with zero attached hydrogens (tertiary/aromatic N) is 2. The molecule has 0 fully saturated rings. The topological polar surface area (TPSA) is 18.0 Å². The zero-order chi connectivity index (χ0) is 11.4. The maximum atomic E-state index is 5.93. The Bertz CT molecular complexity index is 749. The average molecular weight is 350 g/mol. The van der Waals surface area contributed by atoms with E-state index >= 15 is 0 Å². The summed E-state index contributed by atoms with van der Waals surface area (Å²) in [6, 6.07) is 14.2. The Kier molecular flexibility index (Phi) is 2.55. The van der Waals surface area contributed by atoms with Crippen molar-refractivity contribution in [1.82, 2.24) is 4.57 Å². The Balaban J connectivity index is 0.000001000. The molecule has 0 atom stereocenters. The first-order valence-corrected chi connectivity index (χ1v) is 5.61. The van der Waals surface area contributed by atoms with E-state index in [1.807, 2.05) is 30.3 Å². The number of ether oxygens (including phenoxy) is 1. The number of aromatic nitrogens is 2. The summed E-state index contributed by atoms with van der Waals surface area (Å²) in [4.78, 5) is 0. The van der Waals surface area contributed by atoms with Crippen molar-refractivity contribution in [1.29, 1.82) is 0 Å². The molecule has 0 N–H and O–H groups in total. The van der Waals surface area contributed by atoms with Crippen LogP contribution < -0.4 is 33.3 Å². The van der Waals surface area contributed by atoms with Gasteiger partial charge in [0, 0.05) is 0 Å². The summed E-state index contributed by atoms with van der Waals surface area (Å²) in [6.07, 6.45) is 2.09. The maximum Gasteiger partial charge on any atom is 0.250 e. The van der Waals surface area contributed by atoms with Crippen molar-refractivity contribution < 1.29 is 33.3 Å². The minimum absolute atomic E-state index is 0. The standard InChI is InChI=1S/C14H11N2O.HI/c1-15-9-16-10-5-2-3-7-12(10)17-13-8-4-6-11(15)14(13)16;/h2-9H,1H3;1H/q+1;/p-1. The largest absolute Gasteiger partial charge is 1.00 e. The smallest absolute Gasteiger partial charge is 0.250 e. The van der Waals surface area contributed by atoms with Gasteiger partial charge in [-0.15, -0.1) is 0 Å². The minimum atomic E-state index is 0. The number of halogens is 1. The van der Waals surface area contributed by atoms with Gasteiger partial charge in [-0.1, -0.05) is 18.2 Å². The molecule has 0 bridgehead atoms. The summed E-state index contributed by atoms with van der Waals surface area (Å²) in [5, 5.41) is 0. The first kappa shape index (κ1) is 11.5. The van der Waals surface area contributed by atoms with Gasteiger partial charge in [0.2, 0.25) is 11.8 Å². The van der Waals surface area contributed by atoms with Crippen molar-refractivity contribution in [2.45, 2.75) is 0 Å². The zero-order valence-corrected chi connectivity index (χ0v) is 12.0. The lowest BCUT2D eigenvalue weighted by molar-refractivity contribution is -0.645. The quantitative estimate of drug-likeness (QED) is 0.311. The normalized spacial score (nSPS) is 11.6. The second-order valence-corrected chi connectivity index (χ2v) is 4.29. The number of rotatable bonds is 0. The van der Waals surface area contributed by atoms with E-state index in [4.69, 9.17) is 4.74 Å². The highest BCUT2D eigenvalue weighted by Crippen LogP contribution is 2.38. The van der Waals surface area contributed by atoms with Crippen molar-refractivity contribution in [3.63, 3.8) is 0 Å². The SMILES string of the molecule is C[n+]1cn2c3c(cccc31)Oc1ccccc1-2.[I-]. The van der Waals surface area contributed by atoms with E-state index in [0.717, 1.165) is 22.7 Å². The van der Waals surface area contributed by atoms with Crippen molar-refractivity contribution in [2.75, 3.05) is 0 Å². The fourth-order valence-electron chi connectivity index (χ4n) is 2.46. The van der Waals surface area contributed by atoms with Gasteiger partial charge in [0.1, 0.15) is 0 Å². The lowest BCUT2D eigenvalue weighted by Crippen LogP contribution is -3.00. The molecule has 0 unspecified atom stereocenters. The fourth-order valence-corrected chi connectivity index (χ4v) is 2.46. The predicted octanol–water partition coefficient (Wildman–Crippen LogP) is -0.435. The number of hydrogen-bond acceptors (Lipinski definition) is 1. The molecule has 0 saturated carbocycles. The molecule has 2 heterocycles. The highest BCUT2D eigenvalue weighted by molar-refractivity contribution is 5.84. The van der Waals surface area contributed by atoms with Crippen LogP contribution >= 0.6 is 0 Å². The zero-order valence-electron chi connectivity index (χ0n) is 9.80. The van der Waals surface area contributed by atoms with Gasteiger partial charge < -0.3 is 28.7 Å². The molecule has 2 aromatic carbocycles. The molecule has 0 aliphatic carbocycles. The second kappa shape index (κ2) is 3.98. The molecule has 0 saturated heterocycles. The van der Waals surface area contributed by atoms with Gasteiger partial charge >= 0.3 is 0 Å². The van der Waals surface area contributed by atoms with Crippen molar-refractivity contribution in [3.05, 3.63) is 48.8 Å². The fraction of sp³-hybridized carbons (Fsp3) is 0.0714. The van der Waals surface area contributed by atoms with Gasteiger partial charge in [0.05, 0.1) is 7.05 Å². The van der Waals surface area contributed by atoms with Gasteiger partial charge in [0.25, 0.3) is 0 Å². The molecule has 4 heteroatoms. The van der Waals surface area contributed by atoms with Gasteiger partial charge in [0.15, 0.2) is 22.7 Å². The van der Waals surface area contributed by atoms with Crippen molar-refractivity contribution in [2.24, 2.45) is 7.05 Å². The monoisotopic (exact) mass is 350 g/mol. The summed E-state index contributed by atoms with van der Waals surface area (Å²) < 4.78 is 10.2. The molecule has 1 aliphatic rings. The van der Waals surface area contributed by atoms with E-state index in [1.54, 1.807) is 0 Å². The third-order valence-electron chi connectivity index (χ3n) is 3.23. The Hall–Kier alpha value is -1.56. The van der Waals surface area contributed by atoms with Crippen LogP contribution in [-0.2, 0) is 7.05 Å². The Morgan fingerprint density at radius 2 is 1.78 bits per heavy atom. The maximum absolute atomic E-state index is 5.93. The van der Waals surface area contributed by atoms with E-state index in [1.165, 1.54) is 5.52 Å². The predicted molar refractivity (Wildman–Crippen MR) is 64.5 cm³/mol. The van der Waals surface area contributed by atoms with Crippen LogP contribution in [-0.4, -0.2) is 4.57 Å². The first-order valence-electron chi connectivity index (χ1n) is 5.61. The molecule has 1 aromatic heterocycles. The van der Waals surface area contributed by atoms with E-state index in [0.29, 0.717) is 0 Å². The molecular weight excluding hydrogens is 339 g/mol. The molecule has 0 spiro atoms. The van der Waals surface area contributed by atoms with Crippen LogP contribution in [0.25, 0.3) is 16.7 Å². The molecule has 18 heavy (non-hydrogen) atoms. The summed E-state index contributed by atoms with van der Waals surface area (Å²) in [5.74, 6) is 1.82. The summed E-state index contributed by atoms with van der Waals surface area (Å²) >= 11 is 0. The van der Waals surface area contributed by atoms with Crippen molar-refractivity contribution >= 4 is 11.0 Å². The number of benzene rings is 2. The summed E-state index contributed by atoms with van der Waals surface area (Å²) in [5.41, 5.74) is 3.41. The molecular formula is C14H11IN2O. The number of fused-ring (bicyclic) bond motifs is 2. The van der Waals surface area contributed by atoms with E-state index < -0.39 is 0 Å². The lowest BCUT2D eigenvalue weighted by atomic mass is 10.2. The highest BCUT2D eigenvalue weighted by atomic mass is 127. The molecule has 3 aromatic rings. The van der Waals surface area contributed by atoms with Crippen LogP contribution in [0.2, 0.25) is 0 Å². The molecule has 1 aliphatic heterocycles. The van der Waals surface area contributed by atoms with Crippen LogP contribution in [0.4, 0.5) is 0 Å². The Labute approximate surface area is 122 Å². The van der Waals surface area contributed by atoms with Crippen LogP contribution in [0.15, 0.2) is 48.8 Å². The number of hydrogen-bond donors (Lipinski definition) is 0. The Morgan fingerprint density at radius 3 is 2.67 bits per heavy atom. The minimum Gasteiger partial charge on any atom is -1.00 e. The molecule has 0 radical (unpaired) electrons. The summed E-state index contributed by atoms with van der Waals surface area (Å²) in [6.45, 7) is 0. The molecule has 90 valence electrons. The average Bonchev–Trinajstić information content (AvgIpc) is 2.70. The Morgan fingerprint density at radius 1 is 1.00 bits per heavy atom. The van der Waals surface area contributed by atoms with Crippen LogP contribution in [0.5, 0.6) is 11.5 Å². The van der Waals surface area contributed by atoms with E-state index in [-0.39, 0.29) is 24.0 Å². The van der Waals surface area contributed by atoms with Gasteiger partial charge in [-0.05, 0) is 24.3 Å². The van der Waals surface area contributed by atoms with Crippen LogP contribution in [0, 0.1) is 0 Å². The van der Waals surface area contributed by atoms with Gasteiger partial charge in [-0.2, -0.15) is 4.57 Å². The lowest BCUT2D eigenvalue weighted by Gasteiger charge is -2.13. The number of imidazole rings is 1. The van der Waals surface area contributed by atoms with Crippen LogP contribution in [0.3, 0.4) is 0 Å².